The number of urea groups is 1. The van der Waals surface area contributed by atoms with E-state index >= 15 is 0 Å². The number of para-hydroxylation sites is 1. The lowest BCUT2D eigenvalue weighted by Gasteiger charge is -2.33. The molecule has 0 bridgehead atoms. The smallest absolute Gasteiger partial charge is 0.321 e. The van der Waals surface area contributed by atoms with Gasteiger partial charge in [-0.15, -0.1) is 0 Å². The Morgan fingerprint density at radius 2 is 1.81 bits per heavy atom. The normalized spacial score (nSPS) is 15.0. The van der Waals surface area contributed by atoms with Gasteiger partial charge in [0.15, 0.2) is 0 Å². The first-order chi connectivity index (χ1) is 15.3. The maximum absolute atomic E-state index is 13.8. The molecule has 0 aliphatic carbocycles. The minimum atomic E-state index is -0.670. The Bertz CT molecular complexity index is 973. The lowest BCUT2D eigenvalue weighted by Crippen LogP contribution is -2.53. The molecule has 1 heterocycles. The van der Waals surface area contributed by atoms with E-state index in [-0.39, 0.29) is 29.6 Å². The van der Waals surface area contributed by atoms with Gasteiger partial charge in [-0.25, -0.2) is 9.18 Å². The minimum Gasteiger partial charge on any atom is -0.351 e. The van der Waals surface area contributed by atoms with Crippen LogP contribution in [0.2, 0.25) is 0 Å². The average molecular weight is 441 g/mol. The predicted octanol–water partition coefficient (Wildman–Crippen LogP) is 2.99. The molecule has 0 spiro atoms. The maximum atomic E-state index is 13.8. The van der Waals surface area contributed by atoms with Crippen LogP contribution in [0.4, 0.5) is 14.9 Å². The second kappa shape index (κ2) is 10.7. The first kappa shape index (κ1) is 23.2. The van der Waals surface area contributed by atoms with Gasteiger partial charge in [0.25, 0.3) is 0 Å². The number of nitrogens with one attached hydrogen (secondary N) is 3. The summed E-state index contributed by atoms with van der Waals surface area (Å²) in [6.45, 7) is 4.25. The number of hydrogen-bond donors (Lipinski definition) is 3. The zero-order valence-corrected chi connectivity index (χ0v) is 18.4. The summed E-state index contributed by atoms with van der Waals surface area (Å²) in [6.07, 6.45) is 1.55. The molecule has 1 atom stereocenters. The van der Waals surface area contributed by atoms with Crippen molar-refractivity contribution < 1.29 is 18.8 Å². The van der Waals surface area contributed by atoms with Gasteiger partial charge in [-0.2, -0.15) is 0 Å². The number of hydrogen-bond acceptors (Lipinski definition) is 3. The highest BCUT2D eigenvalue weighted by molar-refractivity contribution is 5.89. The zero-order chi connectivity index (χ0) is 23.1. The fourth-order valence-electron chi connectivity index (χ4n) is 3.81. The topological polar surface area (TPSA) is 90.5 Å². The van der Waals surface area contributed by atoms with E-state index in [9.17, 15) is 18.8 Å². The standard InChI is InChI=1S/C24H29FN4O3/c1-16-6-5-7-18(14-16)15-22(26-17(2)30)23(31)27-19-10-12-29(13-11-19)24(32)28-21-9-4-3-8-20(21)25/h3-9,14,19,22H,10-13,15H2,1-2H3,(H,26,30)(H,27,31)(H,28,32). The molecule has 0 saturated carbocycles. The molecule has 1 fully saturated rings. The first-order valence-electron chi connectivity index (χ1n) is 10.8. The summed E-state index contributed by atoms with van der Waals surface area (Å²) >= 11 is 0. The third kappa shape index (κ3) is 6.54. The Morgan fingerprint density at radius 1 is 1.09 bits per heavy atom. The van der Waals surface area contributed by atoms with E-state index in [0.717, 1.165) is 11.1 Å². The number of likely N-dealkylation sites (tertiary alicyclic amines) is 1. The Balaban J connectivity index is 1.53. The molecule has 4 amide bonds. The Kier molecular flexibility index (Phi) is 7.81. The Hall–Kier alpha value is -3.42. The molecule has 0 radical (unpaired) electrons. The van der Waals surface area contributed by atoms with Gasteiger partial charge in [0, 0.05) is 32.5 Å². The van der Waals surface area contributed by atoms with Crippen LogP contribution in [0.5, 0.6) is 0 Å². The van der Waals surface area contributed by atoms with Gasteiger partial charge in [-0.05, 0) is 37.5 Å². The Labute approximate surface area is 187 Å². The van der Waals surface area contributed by atoms with Crippen LogP contribution in [0.3, 0.4) is 0 Å². The third-order valence-electron chi connectivity index (χ3n) is 5.46. The van der Waals surface area contributed by atoms with Gasteiger partial charge < -0.3 is 20.9 Å². The molecule has 0 aromatic heterocycles. The third-order valence-corrected chi connectivity index (χ3v) is 5.46. The SMILES string of the molecule is CC(=O)NC(Cc1cccc(C)c1)C(=O)NC1CCN(C(=O)Nc2ccccc2F)CC1. The number of anilines is 1. The van der Waals surface area contributed by atoms with Crippen molar-refractivity contribution >= 4 is 23.5 Å². The number of benzene rings is 2. The number of piperidine rings is 1. The average Bonchev–Trinajstić information content (AvgIpc) is 2.75. The number of amides is 4. The molecule has 1 aliphatic rings. The fraction of sp³-hybridized carbons (Fsp3) is 0.375. The highest BCUT2D eigenvalue weighted by Gasteiger charge is 2.27. The molecule has 3 rings (SSSR count). The van der Waals surface area contributed by atoms with Crippen molar-refractivity contribution in [3.63, 3.8) is 0 Å². The van der Waals surface area contributed by atoms with E-state index in [1.54, 1.807) is 17.0 Å². The van der Waals surface area contributed by atoms with Crippen molar-refractivity contribution in [2.24, 2.45) is 0 Å². The number of rotatable bonds is 6. The summed E-state index contributed by atoms with van der Waals surface area (Å²) < 4.78 is 13.8. The van der Waals surface area contributed by atoms with Crippen molar-refractivity contribution in [1.29, 1.82) is 0 Å². The van der Waals surface area contributed by atoms with Crippen LogP contribution in [0.1, 0.15) is 30.9 Å². The molecule has 2 aromatic carbocycles. The van der Waals surface area contributed by atoms with Crippen molar-refractivity contribution in [3.05, 3.63) is 65.5 Å². The van der Waals surface area contributed by atoms with E-state index in [2.05, 4.69) is 16.0 Å². The van der Waals surface area contributed by atoms with Crippen LogP contribution in [-0.2, 0) is 16.0 Å². The number of aryl methyl sites for hydroxylation is 1. The van der Waals surface area contributed by atoms with Crippen molar-refractivity contribution in [2.75, 3.05) is 18.4 Å². The molecule has 1 unspecified atom stereocenters. The first-order valence-corrected chi connectivity index (χ1v) is 10.8. The summed E-state index contributed by atoms with van der Waals surface area (Å²) in [5.41, 5.74) is 2.20. The fourth-order valence-corrected chi connectivity index (χ4v) is 3.81. The van der Waals surface area contributed by atoms with Crippen LogP contribution in [0.15, 0.2) is 48.5 Å². The molecule has 7 nitrogen and oxygen atoms in total. The molecule has 1 saturated heterocycles. The minimum absolute atomic E-state index is 0.103. The summed E-state index contributed by atoms with van der Waals surface area (Å²) in [4.78, 5) is 38.5. The van der Waals surface area contributed by atoms with E-state index < -0.39 is 11.9 Å². The zero-order valence-electron chi connectivity index (χ0n) is 18.4. The van der Waals surface area contributed by atoms with E-state index in [1.807, 2.05) is 31.2 Å². The van der Waals surface area contributed by atoms with Gasteiger partial charge in [0.05, 0.1) is 5.69 Å². The second-order valence-electron chi connectivity index (χ2n) is 8.13. The highest BCUT2D eigenvalue weighted by Crippen LogP contribution is 2.16. The summed E-state index contributed by atoms with van der Waals surface area (Å²) in [6, 6.07) is 12.7. The lowest BCUT2D eigenvalue weighted by atomic mass is 10.0. The summed E-state index contributed by atoms with van der Waals surface area (Å²) in [7, 11) is 0. The molecule has 2 aromatic rings. The van der Waals surface area contributed by atoms with Crippen LogP contribution >= 0.6 is 0 Å². The number of halogens is 1. The number of nitrogens with zero attached hydrogens (tertiary/aromatic N) is 1. The lowest BCUT2D eigenvalue weighted by molar-refractivity contribution is -0.128. The summed E-state index contributed by atoms with van der Waals surface area (Å²) in [5.74, 6) is -0.992. The van der Waals surface area contributed by atoms with Crippen molar-refractivity contribution in [1.82, 2.24) is 15.5 Å². The van der Waals surface area contributed by atoms with Crippen molar-refractivity contribution in [3.8, 4) is 0 Å². The van der Waals surface area contributed by atoms with Crippen LogP contribution in [-0.4, -0.2) is 47.9 Å². The highest BCUT2D eigenvalue weighted by atomic mass is 19.1. The van der Waals surface area contributed by atoms with E-state index in [0.29, 0.717) is 32.4 Å². The molecule has 8 heteroatoms. The van der Waals surface area contributed by atoms with E-state index in [4.69, 9.17) is 0 Å². The van der Waals surface area contributed by atoms with Gasteiger partial charge in [-0.1, -0.05) is 42.0 Å². The number of carbonyl (C=O) groups is 3. The predicted molar refractivity (Wildman–Crippen MR) is 121 cm³/mol. The van der Waals surface area contributed by atoms with Gasteiger partial charge in [0.2, 0.25) is 11.8 Å². The van der Waals surface area contributed by atoms with Gasteiger partial charge in [-0.3, -0.25) is 9.59 Å². The monoisotopic (exact) mass is 440 g/mol. The van der Waals surface area contributed by atoms with Crippen LogP contribution in [0, 0.1) is 12.7 Å². The van der Waals surface area contributed by atoms with Crippen LogP contribution < -0.4 is 16.0 Å². The molecular weight excluding hydrogens is 411 g/mol. The molecule has 1 aliphatic heterocycles. The number of carbonyl (C=O) groups excluding carboxylic acids is 3. The molecule has 170 valence electrons. The summed E-state index contributed by atoms with van der Waals surface area (Å²) in [5, 5.41) is 8.33. The quantitative estimate of drug-likeness (QED) is 0.645. The second-order valence-corrected chi connectivity index (χ2v) is 8.13. The van der Waals surface area contributed by atoms with Gasteiger partial charge in [0.1, 0.15) is 11.9 Å². The maximum Gasteiger partial charge on any atom is 0.321 e. The van der Waals surface area contributed by atoms with Gasteiger partial charge >= 0.3 is 6.03 Å². The van der Waals surface area contributed by atoms with Crippen molar-refractivity contribution in [2.45, 2.75) is 45.2 Å². The Morgan fingerprint density at radius 3 is 2.47 bits per heavy atom. The molecule has 32 heavy (non-hydrogen) atoms. The molecular formula is C24H29FN4O3. The van der Waals surface area contributed by atoms with E-state index in [1.165, 1.54) is 19.1 Å². The molecule has 3 N–H and O–H groups in total. The largest absolute Gasteiger partial charge is 0.351 e. The van der Waals surface area contributed by atoms with Crippen LogP contribution in [0.25, 0.3) is 0 Å².